The van der Waals surface area contributed by atoms with Gasteiger partial charge in [-0.1, -0.05) is 0 Å². The van der Waals surface area contributed by atoms with Crippen LogP contribution in [0.25, 0.3) is 0 Å². The number of hydrogen-bond donors (Lipinski definition) is 0. The van der Waals surface area contributed by atoms with E-state index in [2.05, 4.69) is 4.90 Å². The van der Waals surface area contributed by atoms with Gasteiger partial charge in [0.2, 0.25) is 0 Å². The van der Waals surface area contributed by atoms with Gasteiger partial charge in [0.25, 0.3) is 5.91 Å². The fourth-order valence-electron chi connectivity index (χ4n) is 2.89. The highest BCUT2D eigenvalue weighted by Crippen LogP contribution is 2.20. The first-order valence-corrected chi connectivity index (χ1v) is 8.60. The number of hydrogen-bond acceptors (Lipinski definition) is 6. The summed E-state index contributed by atoms with van der Waals surface area (Å²) in [6.45, 7) is 2.07. The third kappa shape index (κ3) is 4.46. The Morgan fingerprint density at radius 1 is 1.07 bits per heavy atom. The molecule has 3 rings (SSSR count). The number of ether oxygens (including phenoxy) is 2. The average Bonchev–Trinajstić information content (AvgIpc) is 2.72. The second-order valence-electron chi connectivity index (χ2n) is 6.05. The zero-order valence-corrected chi connectivity index (χ0v) is 15.0. The van der Waals surface area contributed by atoms with Crippen molar-refractivity contribution in [2.75, 3.05) is 44.8 Å². The van der Waals surface area contributed by atoms with Gasteiger partial charge in [0.05, 0.1) is 7.11 Å². The highest BCUT2D eigenvalue weighted by Gasteiger charge is 2.24. The van der Waals surface area contributed by atoms with Gasteiger partial charge in [-0.2, -0.15) is 4.73 Å². The molecule has 1 aromatic carbocycles. The Labute approximate surface area is 157 Å². The maximum Gasteiger partial charge on any atom is 0.405 e. The van der Waals surface area contributed by atoms with E-state index >= 15 is 0 Å². The topological polar surface area (TPSA) is 86.0 Å². The maximum atomic E-state index is 12.3. The van der Waals surface area contributed by atoms with Crippen molar-refractivity contribution in [3.63, 3.8) is 0 Å². The molecule has 0 bridgehead atoms. The molecule has 0 aliphatic carbocycles. The van der Waals surface area contributed by atoms with E-state index in [-0.39, 0.29) is 18.2 Å². The van der Waals surface area contributed by atoms with Crippen LogP contribution in [0.4, 0.5) is 5.69 Å². The van der Waals surface area contributed by atoms with Crippen molar-refractivity contribution in [3.05, 3.63) is 59.6 Å². The van der Waals surface area contributed by atoms with Crippen LogP contribution in [0.1, 0.15) is 10.5 Å². The molecule has 0 atom stereocenters. The molecule has 1 saturated heterocycles. The molecule has 142 valence electrons. The minimum atomic E-state index is -0.809. The third-order valence-corrected chi connectivity index (χ3v) is 4.43. The van der Waals surface area contributed by atoms with Crippen molar-refractivity contribution in [3.8, 4) is 5.75 Å². The lowest BCUT2D eigenvalue weighted by atomic mass is 10.2. The van der Waals surface area contributed by atoms with Crippen LogP contribution >= 0.6 is 0 Å². The van der Waals surface area contributed by atoms with Gasteiger partial charge < -0.3 is 24.5 Å². The molecular formula is C19H21N3O5. The van der Waals surface area contributed by atoms with Gasteiger partial charge in [-0.3, -0.25) is 4.79 Å². The molecule has 1 amide bonds. The molecule has 0 spiro atoms. The van der Waals surface area contributed by atoms with Crippen molar-refractivity contribution in [2.45, 2.75) is 0 Å². The van der Waals surface area contributed by atoms with E-state index in [1.165, 1.54) is 18.3 Å². The minimum Gasteiger partial charge on any atom is -0.618 e. The van der Waals surface area contributed by atoms with Gasteiger partial charge in [0.15, 0.2) is 12.8 Å². The van der Waals surface area contributed by atoms with Crippen molar-refractivity contribution in [2.24, 2.45) is 0 Å². The van der Waals surface area contributed by atoms with Crippen LogP contribution in [0.5, 0.6) is 5.75 Å². The molecular weight excluding hydrogens is 350 g/mol. The number of esters is 1. The van der Waals surface area contributed by atoms with Crippen molar-refractivity contribution < 1.29 is 23.8 Å². The zero-order chi connectivity index (χ0) is 19.2. The van der Waals surface area contributed by atoms with Crippen LogP contribution < -0.4 is 14.4 Å². The Balaban J connectivity index is 1.48. The van der Waals surface area contributed by atoms with Crippen LogP contribution in [-0.2, 0) is 9.53 Å². The molecule has 0 saturated carbocycles. The molecule has 1 aliphatic rings. The summed E-state index contributed by atoms with van der Waals surface area (Å²) in [4.78, 5) is 28.0. The quantitative estimate of drug-likeness (QED) is 0.440. The van der Waals surface area contributed by atoms with E-state index in [1.54, 1.807) is 18.1 Å². The van der Waals surface area contributed by atoms with Gasteiger partial charge >= 0.3 is 11.7 Å². The molecule has 8 heteroatoms. The first-order chi connectivity index (χ1) is 13.1. The van der Waals surface area contributed by atoms with Crippen molar-refractivity contribution in [1.29, 1.82) is 0 Å². The minimum absolute atomic E-state index is 0.144. The SMILES string of the molecule is COc1ccc(N2CCN(C(=O)COC(=O)c3cccc[n+]3[O-])CC2)cc1. The molecule has 1 fully saturated rings. The fourth-order valence-corrected chi connectivity index (χ4v) is 2.89. The lowest BCUT2D eigenvalue weighted by Gasteiger charge is -2.36. The first-order valence-electron chi connectivity index (χ1n) is 8.60. The normalized spacial score (nSPS) is 14.0. The number of amides is 1. The highest BCUT2D eigenvalue weighted by molar-refractivity contribution is 5.88. The Morgan fingerprint density at radius 2 is 1.78 bits per heavy atom. The van der Waals surface area contributed by atoms with E-state index in [0.717, 1.165) is 11.4 Å². The fraction of sp³-hybridized carbons (Fsp3) is 0.316. The van der Waals surface area contributed by atoms with E-state index in [9.17, 15) is 14.8 Å². The number of anilines is 1. The largest absolute Gasteiger partial charge is 0.618 e. The molecule has 2 heterocycles. The lowest BCUT2D eigenvalue weighted by Crippen LogP contribution is -2.50. The summed E-state index contributed by atoms with van der Waals surface area (Å²) in [5.74, 6) is -0.283. The number of carbonyl (C=O) groups is 2. The van der Waals surface area contributed by atoms with E-state index in [0.29, 0.717) is 30.9 Å². The number of benzene rings is 1. The number of aromatic nitrogens is 1. The molecule has 1 aromatic heterocycles. The molecule has 2 aromatic rings. The van der Waals surface area contributed by atoms with Crippen LogP contribution in [0.15, 0.2) is 48.7 Å². The van der Waals surface area contributed by atoms with Gasteiger partial charge in [-0.25, -0.2) is 4.79 Å². The van der Waals surface area contributed by atoms with Gasteiger partial charge in [0, 0.05) is 44.0 Å². The van der Waals surface area contributed by atoms with E-state index in [4.69, 9.17) is 9.47 Å². The van der Waals surface area contributed by atoms with E-state index in [1.807, 2.05) is 24.3 Å². The van der Waals surface area contributed by atoms with Crippen molar-refractivity contribution >= 4 is 17.6 Å². The predicted octanol–water partition coefficient (Wildman–Crippen LogP) is 0.834. The Bertz CT molecular complexity index is 801. The standard InChI is InChI=1S/C19H21N3O5/c1-26-16-7-5-15(6-8-16)20-10-12-21(13-11-20)18(23)14-27-19(24)17-4-2-3-9-22(17)25/h2-9H,10-14H2,1H3. The molecule has 1 aliphatic heterocycles. The number of rotatable bonds is 5. The Kier molecular flexibility index (Phi) is 5.75. The second kappa shape index (κ2) is 8.39. The summed E-state index contributed by atoms with van der Waals surface area (Å²) in [5.41, 5.74) is 0.924. The smallest absolute Gasteiger partial charge is 0.405 e. The summed E-state index contributed by atoms with van der Waals surface area (Å²) in [6, 6.07) is 12.2. The Morgan fingerprint density at radius 3 is 2.41 bits per heavy atom. The molecule has 8 nitrogen and oxygen atoms in total. The second-order valence-corrected chi connectivity index (χ2v) is 6.05. The monoisotopic (exact) mass is 371 g/mol. The maximum absolute atomic E-state index is 12.3. The van der Waals surface area contributed by atoms with Crippen molar-refractivity contribution in [1.82, 2.24) is 4.90 Å². The zero-order valence-electron chi connectivity index (χ0n) is 15.0. The van der Waals surface area contributed by atoms with Gasteiger partial charge in [-0.05, 0) is 30.3 Å². The average molecular weight is 371 g/mol. The number of pyridine rings is 1. The van der Waals surface area contributed by atoms with Crippen LogP contribution in [0, 0.1) is 5.21 Å². The van der Waals surface area contributed by atoms with Gasteiger partial charge in [0.1, 0.15) is 5.75 Å². The molecule has 27 heavy (non-hydrogen) atoms. The van der Waals surface area contributed by atoms with Crippen LogP contribution in [0.3, 0.4) is 0 Å². The summed E-state index contributed by atoms with van der Waals surface area (Å²) in [6.07, 6.45) is 1.21. The number of methoxy groups -OCH3 is 1. The number of carbonyl (C=O) groups excluding carboxylic acids is 2. The summed E-state index contributed by atoms with van der Waals surface area (Å²) < 4.78 is 10.6. The third-order valence-electron chi connectivity index (χ3n) is 4.43. The summed E-state index contributed by atoms with van der Waals surface area (Å²) in [5, 5.41) is 11.5. The number of piperazine rings is 1. The number of nitrogens with zero attached hydrogens (tertiary/aromatic N) is 3. The summed E-state index contributed by atoms with van der Waals surface area (Å²) in [7, 11) is 1.63. The Hall–Kier alpha value is -3.29. The molecule has 0 unspecified atom stereocenters. The van der Waals surface area contributed by atoms with Crippen LogP contribution in [-0.4, -0.2) is 56.7 Å². The highest BCUT2D eigenvalue weighted by atomic mass is 16.5. The molecule has 0 N–H and O–H groups in total. The van der Waals surface area contributed by atoms with Gasteiger partial charge in [-0.15, -0.1) is 0 Å². The lowest BCUT2D eigenvalue weighted by molar-refractivity contribution is -0.608. The predicted molar refractivity (Wildman–Crippen MR) is 97.5 cm³/mol. The van der Waals surface area contributed by atoms with E-state index < -0.39 is 5.97 Å². The first kappa shape index (κ1) is 18.5. The van der Waals surface area contributed by atoms with Crippen LogP contribution in [0.2, 0.25) is 0 Å². The summed E-state index contributed by atoms with van der Waals surface area (Å²) >= 11 is 0. The molecule has 0 radical (unpaired) electrons.